The van der Waals surface area contributed by atoms with Gasteiger partial charge in [0.2, 0.25) is 0 Å². The number of hydrogen-bond acceptors (Lipinski definition) is 4. The number of alkyl halides is 1. The van der Waals surface area contributed by atoms with Gasteiger partial charge in [0.25, 0.3) is 5.56 Å². The number of nitrogens with zero attached hydrogens (tertiary/aromatic N) is 2. The minimum atomic E-state index is -0.478. The smallest absolute Gasteiger partial charge is 0.289 e. The highest BCUT2D eigenvalue weighted by Gasteiger charge is 2.18. The number of benzene rings is 1. The van der Waals surface area contributed by atoms with Crippen LogP contribution in [0.25, 0.3) is 0 Å². The Kier molecular flexibility index (Phi) is 9.08. The Hall–Kier alpha value is -1.66. The molecule has 2 aromatic rings. The van der Waals surface area contributed by atoms with E-state index in [1.165, 1.54) is 10.2 Å². The van der Waals surface area contributed by atoms with Crippen LogP contribution in [-0.4, -0.2) is 20.7 Å². The molecule has 0 spiro atoms. The first kappa shape index (κ1) is 23.3. The van der Waals surface area contributed by atoms with Gasteiger partial charge in [0.05, 0.1) is 11.7 Å². The van der Waals surface area contributed by atoms with Gasteiger partial charge < -0.3 is 5.11 Å². The minimum Gasteiger partial charge on any atom is -0.505 e. The SMILES string of the molecule is C.CC(=O)c1ccc(CBr)cc1.CC(C)(C)n1ncc(O)c(Cl)c1=O. The molecule has 138 valence electrons. The fourth-order valence-corrected chi connectivity index (χ4v) is 2.23. The van der Waals surface area contributed by atoms with Gasteiger partial charge in [-0.2, -0.15) is 5.10 Å². The molecule has 0 fully saturated rings. The number of ketones is 1. The standard InChI is InChI=1S/C9H9BrO.C8H11ClN2O2.CH4/c1-7(11)9-4-2-8(6-10)3-5-9;1-8(2,3)11-7(13)6(9)5(12)4-10-11;/h2-5H,6H2,1H3;4,12H,1-3H3;1H4. The molecule has 0 aliphatic heterocycles. The molecule has 0 unspecified atom stereocenters. The van der Waals surface area contributed by atoms with E-state index in [4.69, 9.17) is 16.7 Å². The lowest BCUT2D eigenvalue weighted by molar-refractivity contribution is 0.101. The van der Waals surface area contributed by atoms with E-state index in [-0.39, 0.29) is 24.0 Å². The average Bonchev–Trinajstić information content (AvgIpc) is 2.52. The van der Waals surface area contributed by atoms with Crippen molar-refractivity contribution in [2.75, 3.05) is 0 Å². The Morgan fingerprint density at radius 3 is 2.20 bits per heavy atom. The van der Waals surface area contributed by atoms with E-state index in [1.807, 2.05) is 45.0 Å². The van der Waals surface area contributed by atoms with Crippen molar-refractivity contribution in [3.8, 4) is 5.75 Å². The zero-order valence-electron chi connectivity index (χ0n) is 14.0. The molecule has 1 heterocycles. The summed E-state index contributed by atoms with van der Waals surface area (Å²) < 4.78 is 1.23. The Labute approximate surface area is 161 Å². The van der Waals surface area contributed by atoms with Crippen LogP contribution in [0.4, 0.5) is 0 Å². The predicted octanol–water partition coefficient (Wildman–Crippen LogP) is 4.78. The van der Waals surface area contributed by atoms with Gasteiger partial charge in [0, 0.05) is 10.9 Å². The second-order valence-electron chi connectivity index (χ2n) is 6.12. The lowest BCUT2D eigenvalue weighted by Gasteiger charge is -2.20. The van der Waals surface area contributed by atoms with Crippen molar-refractivity contribution in [2.45, 2.75) is 46.0 Å². The summed E-state index contributed by atoms with van der Waals surface area (Å²) in [5, 5.41) is 13.5. The molecule has 25 heavy (non-hydrogen) atoms. The fraction of sp³-hybridized carbons (Fsp3) is 0.389. The third-order valence-corrected chi connectivity index (χ3v) is 4.05. The van der Waals surface area contributed by atoms with Crippen molar-refractivity contribution >= 4 is 33.3 Å². The van der Waals surface area contributed by atoms with Crippen molar-refractivity contribution < 1.29 is 9.90 Å². The zero-order chi connectivity index (χ0) is 18.5. The first-order valence-corrected chi connectivity index (χ1v) is 8.71. The number of rotatable bonds is 2. The van der Waals surface area contributed by atoms with Crippen molar-refractivity contribution in [3.63, 3.8) is 0 Å². The maximum Gasteiger partial charge on any atom is 0.289 e. The molecule has 0 aliphatic rings. The molecule has 0 saturated heterocycles. The molecule has 0 saturated carbocycles. The van der Waals surface area contributed by atoms with Crippen LogP contribution >= 0.6 is 27.5 Å². The van der Waals surface area contributed by atoms with Gasteiger partial charge in [0.15, 0.2) is 16.6 Å². The van der Waals surface area contributed by atoms with Crippen LogP contribution in [0, 0.1) is 0 Å². The molecule has 0 bridgehead atoms. The molecular formula is C18H24BrClN2O3. The molecule has 0 amide bonds. The average molecular weight is 432 g/mol. The first-order chi connectivity index (χ1) is 11.1. The van der Waals surface area contributed by atoms with Crippen molar-refractivity contribution in [2.24, 2.45) is 0 Å². The van der Waals surface area contributed by atoms with Gasteiger partial charge in [-0.25, -0.2) is 4.68 Å². The van der Waals surface area contributed by atoms with Crippen LogP contribution < -0.4 is 5.56 Å². The van der Waals surface area contributed by atoms with E-state index in [2.05, 4.69) is 21.0 Å². The molecule has 0 radical (unpaired) electrons. The van der Waals surface area contributed by atoms with Gasteiger partial charge in [-0.05, 0) is 33.3 Å². The maximum absolute atomic E-state index is 11.4. The summed E-state index contributed by atoms with van der Waals surface area (Å²) in [5.74, 6) is -0.168. The molecular weight excluding hydrogens is 408 g/mol. The second kappa shape index (κ2) is 9.73. The van der Waals surface area contributed by atoms with Crippen LogP contribution in [0.3, 0.4) is 0 Å². The Morgan fingerprint density at radius 1 is 1.28 bits per heavy atom. The quantitative estimate of drug-likeness (QED) is 0.549. The van der Waals surface area contributed by atoms with Crippen LogP contribution in [-0.2, 0) is 10.9 Å². The summed E-state index contributed by atoms with van der Waals surface area (Å²) in [5.41, 5.74) is 1.05. The van der Waals surface area contributed by atoms with E-state index in [0.29, 0.717) is 0 Å². The van der Waals surface area contributed by atoms with Crippen molar-refractivity contribution in [3.05, 3.63) is 57.0 Å². The molecule has 0 atom stereocenters. The monoisotopic (exact) mass is 430 g/mol. The topological polar surface area (TPSA) is 72.2 Å². The fourth-order valence-electron chi connectivity index (χ4n) is 1.73. The van der Waals surface area contributed by atoms with Gasteiger partial charge in [0.1, 0.15) is 0 Å². The van der Waals surface area contributed by atoms with E-state index in [0.717, 1.165) is 17.1 Å². The predicted molar refractivity (Wildman–Crippen MR) is 106 cm³/mol. The number of carbonyl (C=O) groups is 1. The Morgan fingerprint density at radius 2 is 1.80 bits per heavy atom. The number of aromatic hydroxyl groups is 1. The largest absolute Gasteiger partial charge is 0.505 e. The van der Waals surface area contributed by atoms with Gasteiger partial charge in [-0.3, -0.25) is 9.59 Å². The van der Waals surface area contributed by atoms with E-state index in [9.17, 15) is 9.59 Å². The van der Waals surface area contributed by atoms with Gasteiger partial charge >= 0.3 is 0 Å². The summed E-state index contributed by atoms with van der Waals surface area (Å²) in [6.07, 6.45) is 1.16. The lowest BCUT2D eigenvalue weighted by atomic mass is 10.1. The Balaban J connectivity index is 0.000000449. The number of carbonyl (C=O) groups excluding carboxylic acids is 1. The summed E-state index contributed by atoms with van der Waals surface area (Å²) in [6, 6.07) is 7.59. The zero-order valence-corrected chi connectivity index (χ0v) is 16.3. The normalized spacial score (nSPS) is 10.3. The highest BCUT2D eigenvalue weighted by atomic mass is 79.9. The lowest BCUT2D eigenvalue weighted by Crippen LogP contribution is -2.35. The molecule has 1 aromatic heterocycles. The van der Waals surface area contributed by atoms with Crippen LogP contribution in [0.1, 0.15) is 51.0 Å². The number of Topliss-reactive ketones (excluding diaryl/α,β-unsaturated/α-hetero) is 1. The van der Waals surface area contributed by atoms with Crippen molar-refractivity contribution in [1.82, 2.24) is 9.78 Å². The van der Waals surface area contributed by atoms with Crippen molar-refractivity contribution in [1.29, 1.82) is 0 Å². The third kappa shape index (κ3) is 6.63. The first-order valence-electron chi connectivity index (χ1n) is 7.21. The van der Waals surface area contributed by atoms with Crippen LogP contribution in [0.15, 0.2) is 35.3 Å². The summed E-state index contributed by atoms with van der Waals surface area (Å²) in [6.45, 7) is 7.06. The highest BCUT2D eigenvalue weighted by molar-refractivity contribution is 9.08. The highest BCUT2D eigenvalue weighted by Crippen LogP contribution is 2.18. The molecule has 2 rings (SSSR count). The summed E-state index contributed by atoms with van der Waals surface area (Å²) >= 11 is 8.90. The van der Waals surface area contributed by atoms with Crippen LogP contribution in [0.5, 0.6) is 5.75 Å². The van der Waals surface area contributed by atoms with Gasteiger partial charge in [-0.1, -0.05) is 59.2 Å². The van der Waals surface area contributed by atoms with E-state index in [1.54, 1.807) is 6.92 Å². The molecule has 7 heteroatoms. The third-order valence-electron chi connectivity index (χ3n) is 3.05. The Bertz CT molecular complexity index is 765. The summed E-state index contributed by atoms with van der Waals surface area (Å²) in [7, 11) is 0. The maximum atomic E-state index is 11.4. The summed E-state index contributed by atoms with van der Waals surface area (Å²) in [4.78, 5) is 22.3. The minimum absolute atomic E-state index is 0. The van der Waals surface area contributed by atoms with E-state index < -0.39 is 11.1 Å². The number of halogens is 2. The molecule has 0 aliphatic carbocycles. The molecule has 1 N–H and O–H groups in total. The second-order valence-corrected chi connectivity index (χ2v) is 7.06. The number of aromatic nitrogens is 2. The van der Waals surface area contributed by atoms with Gasteiger partial charge in [-0.15, -0.1) is 0 Å². The number of hydrogen-bond donors (Lipinski definition) is 1. The van der Waals surface area contributed by atoms with E-state index >= 15 is 0 Å². The molecule has 1 aromatic carbocycles. The van der Waals surface area contributed by atoms with Crippen LogP contribution in [0.2, 0.25) is 5.02 Å². The molecule has 5 nitrogen and oxygen atoms in total.